The number of hydrogen-bond acceptors (Lipinski definition) is 7. The lowest BCUT2D eigenvalue weighted by atomic mass is 9.98. The molecule has 2 aliphatic heterocycles. The Kier molecular flexibility index (Phi) is 5.99. The van der Waals surface area contributed by atoms with Gasteiger partial charge in [-0.05, 0) is 37.1 Å². The standard InChI is InChI=1S/C28H27N7O/c36-28(22-17-35(18-22)27-16-25(29-19-30-27)20-6-2-1-3-7-20)31-23-10-8-21(9-11-23)24-12-13-26(33-32-24)34-14-4-5-15-34/h1-3,6-13,16,19,22H,4-5,14-15,17-18H2,(H,31,36). The maximum atomic E-state index is 12.8. The number of anilines is 3. The summed E-state index contributed by atoms with van der Waals surface area (Å²) >= 11 is 0. The molecule has 0 aliphatic carbocycles. The van der Waals surface area contributed by atoms with Crippen LogP contribution in [0.25, 0.3) is 22.5 Å². The van der Waals surface area contributed by atoms with Crippen LogP contribution in [0.2, 0.25) is 0 Å². The highest BCUT2D eigenvalue weighted by Crippen LogP contribution is 2.27. The first-order valence-electron chi connectivity index (χ1n) is 12.4. The summed E-state index contributed by atoms with van der Waals surface area (Å²) in [5, 5.41) is 11.8. The normalized spacial score (nSPS) is 15.6. The number of carbonyl (C=O) groups is 1. The second kappa shape index (κ2) is 9.73. The van der Waals surface area contributed by atoms with Gasteiger partial charge in [-0.1, -0.05) is 42.5 Å². The molecule has 0 radical (unpaired) electrons. The smallest absolute Gasteiger partial charge is 0.231 e. The highest BCUT2D eigenvalue weighted by atomic mass is 16.2. The fourth-order valence-electron chi connectivity index (χ4n) is 4.68. The molecule has 2 aromatic carbocycles. The molecule has 4 heterocycles. The summed E-state index contributed by atoms with van der Waals surface area (Å²) in [6, 6.07) is 23.8. The zero-order valence-electron chi connectivity index (χ0n) is 19.9. The van der Waals surface area contributed by atoms with Crippen LogP contribution in [0.5, 0.6) is 0 Å². The molecule has 0 spiro atoms. The lowest BCUT2D eigenvalue weighted by Gasteiger charge is -2.39. The van der Waals surface area contributed by atoms with Crippen LogP contribution in [-0.4, -0.2) is 52.3 Å². The van der Waals surface area contributed by atoms with Gasteiger partial charge in [0.15, 0.2) is 5.82 Å². The molecule has 1 N–H and O–H groups in total. The topological polar surface area (TPSA) is 87.1 Å². The lowest BCUT2D eigenvalue weighted by Crippen LogP contribution is -2.52. The van der Waals surface area contributed by atoms with Gasteiger partial charge in [-0.15, -0.1) is 10.2 Å². The van der Waals surface area contributed by atoms with Crippen molar-refractivity contribution in [2.45, 2.75) is 12.8 Å². The summed E-state index contributed by atoms with van der Waals surface area (Å²) < 4.78 is 0. The molecule has 8 heteroatoms. The fourth-order valence-corrected chi connectivity index (χ4v) is 4.68. The van der Waals surface area contributed by atoms with Gasteiger partial charge < -0.3 is 15.1 Å². The minimum absolute atomic E-state index is 0.0195. The Morgan fingerprint density at radius 2 is 1.50 bits per heavy atom. The van der Waals surface area contributed by atoms with E-state index < -0.39 is 0 Å². The highest BCUT2D eigenvalue weighted by Gasteiger charge is 2.33. The third-order valence-corrected chi connectivity index (χ3v) is 6.83. The van der Waals surface area contributed by atoms with Crippen LogP contribution in [-0.2, 0) is 4.79 Å². The predicted molar refractivity (Wildman–Crippen MR) is 141 cm³/mol. The molecule has 0 saturated carbocycles. The largest absolute Gasteiger partial charge is 0.355 e. The minimum Gasteiger partial charge on any atom is -0.355 e. The van der Waals surface area contributed by atoms with E-state index in [1.165, 1.54) is 12.8 Å². The second-order valence-electron chi connectivity index (χ2n) is 9.27. The molecule has 2 aromatic heterocycles. The van der Waals surface area contributed by atoms with E-state index in [1.807, 2.05) is 72.8 Å². The molecule has 2 aliphatic rings. The van der Waals surface area contributed by atoms with E-state index in [2.05, 4.69) is 35.3 Å². The van der Waals surface area contributed by atoms with Crippen molar-refractivity contribution < 1.29 is 4.79 Å². The number of amides is 1. The first kappa shape index (κ1) is 22.2. The Labute approximate surface area is 210 Å². The minimum atomic E-state index is -0.0798. The SMILES string of the molecule is O=C(Nc1ccc(-c2ccc(N3CCCC3)nn2)cc1)C1CN(c2cc(-c3ccccc3)ncn2)C1. The second-order valence-corrected chi connectivity index (χ2v) is 9.27. The number of aromatic nitrogens is 4. The van der Waals surface area contributed by atoms with Crippen LogP contribution in [0.15, 0.2) is 79.1 Å². The van der Waals surface area contributed by atoms with Gasteiger partial charge in [0.25, 0.3) is 0 Å². The molecule has 2 fully saturated rings. The molecule has 0 atom stereocenters. The van der Waals surface area contributed by atoms with Crippen molar-refractivity contribution in [3.63, 3.8) is 0 Å². The number of benzene rings is 2. The summed E-state index contributed by atoms with van der Waals surface area (Å²) in [6.45, 7) is 3.37. The molecule has 36 heavy (non-hydrogen) atoms. The molecular weight excluding hydrogens is 450 g/mol. The predicted octanol–water partition coefficient (Wildman–Crippen LogP) is 4.28. The summed E-state index contributed by atoms with van der Waals surface area (Å²) in [5.74, 6) is 1.72. The van der Waals surface area contributed by atoms with Crippen molar-refractivity contribution in [1.29, 1.82) is 0 Å². The summed E-state index contributed by atoms with van der Waals surface area (Å²) in [5.41, 5.74) is 4.50. The molecule has 0 bridgehead atoms. The van der Waals surface area contributed by atoms with Gasteiger partial charge in [-0.25, -0.2) is 9.97 Å². The van der Waals surface area contributed by atoms with Gasteiger partial charge >= 0.3 is 0 Å². The van der Waals surface area contributed by atoms with E-state index in [0.29, 0.717) is 13.1 Å². The summed E-state index contributed by atoms with van der Waals surface area (Å²) in [4.78, 5) is 25.9. The number of nitrogens with one attached hydrogen (secondary N) is 1. The Balaban J connectivity index is 1.04. The molecule has 6 rings (SSSR count). The van der Waals surface area contributed by atoms with Gasteiger partial charge in [0, 0.05) is 49.1 Å². The van der Waals surface area contributed by atoms with Gasteiger partial charge in [-0.3, -0.25) is 4.79 Å². The Hall–Kier alpha value is -4.33. The van der Waals surface area contributed by atoms with Gasteiger partial charge in [0.05, 0.1) is 17.3 Å². The van der Waals surface area contributed by atoms with Crippen LogP contribution in [0, 0.1) is 5.92 Å². The molecule has 0 unspecified atom stereocenters. The molecule has 4 aromatic rings. The van der Waals surface area contributed by atoms with Crippen molar-refractivity contribution >= 4 is 23.2 Å². The van der Waals surface area contributed by atoms with Crippen molar-refractivity contribution in [1.82, 2.24) is 20.2 Å². The fraction of sp³-hybridized carbons (Fsp3) is 0.250. The zero-order valence-corrected chi connectivity index (χ0v) is 19.9. The number of nitrogens with zero attached hydrogens (tertiary/aromatic N) is 6. The average Bonchev–Trinajstić information content (AvgIpc) is 3.44. The van der Waals surface area contributed by atoms with E-state index in [9.17, 15) is 4.79 Å². The summed E-state index contributed by atoms with van der Waals surface area (Å²) in [7, 11) is 0. The Bertz CT molecular complexity index is 1330. The maximum absolute atomic E-state index is 12.8. The van der Waals surface area contributed by atoms with Gasteiger partial charge in [0.1, 0.15) is 12.1 Å². The number of hydrogen-bond donors (Lipinski definition) is 1. The van der Waals surface area contributed by atoms with E-state index in [0.717, 1.165) is 52.9 Å². The van der Waals surface area contributed by atoms with E-state index >= 15 is 0 Å². The van der Waals surface area contributed by atoms with Gasteiger partial charge in [0.2, 0.25) is 5.91 Å². The van der Waals surface area contributed by atoms with Crippen LogP contribution < -0.4 is 15.1 Å². The molecule has 1 amide bonds. The van der Waals surface area contributed by atoms with Crippen molar-refractivity contribution in [2.24, 2.45) is 5.92 Å². The molecular formula is C28H27N7O. The quantitative estimate of drug-likeness (QED) is 0.444. The molecule has 180 valence electrons. The third-order valence-electron chi connectivity index (χ3n) is 6.83. The maximum Gasteiger partial charge on any atom is 0.231 e. The number of carbonyl (C=O) groups excluding carboxylic acids is 1. The first-order valence-corrected chi connectivity index (χ1v) is 12.4. The third kappa shape index (κ3) is 4.62. The van der Waals surface area contributed by atoms with Crippen molar-refractivity contribution in [2.75, 3.05) is 41.3 Å². The Morgan fingerprint density at radius 1 is 0.750 bits per heavy atom. The molecule has 2 saturated heterocycles. The van der Waals surface area contributed by atoms with Gasteiger partial charge in [-0.2, -0.15) is 0 Å². The molecule has 8 nitrogen and oxygen atoms in total. The first-order chi connectivity index (χ1) is 17.7. The zero-order chi connectivity index (χ0) is 24.3. The van der Waals surface area contributed by atoms with Crippen LogP contribution in [0.1, 0.15) is 12.8 Å². The van der Waals surface area contributed by atoms with Crippen LogP contribution in [0.3, 0.4) is 0 Å². The monoisotopic (exact) mass is 477 g/mol. The van der Waals surface area contributed by atoms with E-state index in [4.69, 9.17) is 0 Å². The Morgan fingerprint density at radius 3 is 2.22 bits per heavy atom. The van der Waals surface area contributed by atoms with E-state index in [1.54, 1.807) is 6.33 Å². The lowest BCUT2D eigenvalue weighted by molar-refractivity contribution is -0.120. The average molecular weight is 478 g/mol. The highest BCUT2D eigenvalue weighted by molar-refractivity contribution is 5.94. The van der Waals surface area contributed by atoms with Crippen LogP contribution in [0.4, 0.5) is 17.3 Å². The van der Waals surface area contributed by atoms with Crippen LogP contribution >= 0.6 is 0 Å². The summed E-state index contributed by atoms with van der Waals surface area (Å²) in [6.07, 6.45) is 4.01. The van der Waals surface area contributed by atoms with Crippen molar-refractivity contribution in [3.05, 3.63) is 79.1 Å². The number of rotatable bonds is 6. The van der Waals surface area contributed by atoms with Crippen molar-refractivity contribution in [3.8, 4) is 22.5 Å². The van der Waals surface area contributed by atoms with E-state index in [-0.39, 0.29) is 11.8 Å².